The Morgan fingerprint density at radius 3 is 2.56 bits per heavy atom. The summed E-state index contributed by atoms with van der Waals surface area (Å²) in [4.78, 5) is 26.8. The molecule has 0 spiro atoms. The number of carbonyl (C=O) groups excluding carboxylic acids is 2. The van der Waals surface area contributed by atoms with E-state index in [0.717, 1.165) is 12.8 Å². The fourth-order valence-electron chi connectivity index (χ4n) is 5.13. The SMILES string of the molecule is COCOc1cc(OCCCCN)cc2c1C(=O)O[C@@H](C)[C@H](C)/C=C\C(OC(=O)c1ccccc1)C1OC(C)(C)O[C@H]1C/C=C/2. The molecule has 2 heterocycles. The van der Waals surface area contributed by atoms with E-state index in [1.54, 1.807) is 42.5 Å². The van der Waals surface area contributed by atoms with Crippen LogP contribution >= 0.6 is 0 Å². The molecule has 2 unspecified atom stereocenters. The number of ether oxygens (including phenoxy) is 7. The lowest BCUT2D eigenvalue weighted by Crippen LogP contribution is -2.37. The topological polar surface area (TPSA) is 125 Å². The largest absolute Gasteiger partial charge is 0.493 e. The minimum Gasteiger partial charge on any atom is -0.493 e. The second kappa shape index (κ2) is 16.0. The van der Waals surface area contributed by atoms with Crippen molar-refractivity contribution in [3.05, 3.63) is 77.4 Å². The quantitative estimate of drug-likeness (QED) is 0.153. The number of esters is 2. The highest BCUT2D eigenvalue weighted by Crippen LogP contribution is 2.36. The van der Waals surface area contributed by atoms with Crippen LogP contribution in [-0.4, -0.2) is 69.2 Å². The van der Waals surface area contributed by atoms with Gasteiger partial charge < -0.3 is 38.9 Å². The van der Waals surface area contributed by atoms with Gasteiger partial charge in [0.1, 0.15) is 35.4 Å². The lowest BCUT2D eigenvalue weighted by molar-refractivity contribution is -0.152. The minimum atomic E-state index is -0.913. The lowest BCUT2D eigenvalue weighted by atomic mass is 9.98. The molecule has 0 saturated carbocycles. The zero-order chi connectivity index (χ0) is 32.4. The summed E-state index contributed by atoms with van der Waals surface area (Å²) in [7, 11) is 1.51. The van der Waals surface area contributed by atoms with Gasteiger partial charge in [0.25, 0.3) is 0 Å². The maximum atomic E-state index is 13.7. The Bertz CT molecular complexity index is 1340. The van der Waals surface area contributed by atoms with Crippen LogP contribution in [-0.2, 0) is 23.7 Å². The third-order valence-electron chi connectivity index (χ3n) is 7.61. The van der Waals surface area contributed by atoms with E-state index < -0.39 is 42.1 Å². The average Bonchev–Trinajstić information content (AvgIpc) is 3.33. The highest BCUT2D eigenvalue weighted by Gasteiger charge is 2.45. The highest BCUT2D eigenvalue weighted by atomic mass is 16.8. The molecule has 2 aromatic carbocycles. The predicted octanol–water partition coefficient (Wildman–Crippen LogP) is 5.69. The lowest BCUT2D eigenvalue weighted by Gasteiger charge is -2.25. The molecular weight excluding hydrogens is 578 g/mol. The number of unbranched alkanes of at least 4 members (excludes halogenated alkanes) is 1. The zero-order valence-corrected chi connectivity index (χ0v) is 26.7. The van der Waals surface area contributed by atoms with Crippen molar-refractivity contribution in [3.63, 3.8) is 0 Å². The van der Waals surface area contributed by atoms with Gasteiger partial charge >= 0.3 is 11.9 Å². The van der Waals surface area contributed by atoms with Crippen molar-refractivity contribution in [1.29, 1.82) is 0 Å². The maximum absolute atomic E-state index is 13.7. The first-order valence-corrected chi connectivity index (χ1v) is 15.4. The van der Waals surface area contributed by atoms with Crippen LogP contribution in [0.15, 0.2) is 60.7 Å². The van der Waals surface area contributed by atoms with Crippen LogP contribution in [0, 0.1) is 5.92 Å². The van der Waals surface area contributed by atoms with Crippen molar-refractivity contribution in [2.24, 2.45) is 11.7 Å². The number of benzene rings is 2. The Morgan fingerprint density at radius 2 is 1.82 bits per heavy atom. The summed E-state index contributed by atoms with van der Waals surface area (Å²) in [6.45, 7) is 8.36. The normalized spacial score (nSPS) is 26.0. The number of nitrogens with two attached hydrogens (primary N) is 1. The predicted molar refractivity (Wildman–Crippen MR) is 169 cm³/mol. The van der Waals surface area contributed by atoms with Gasteiger partial charge in [-0.2, -0.15) is 0 Å². The van der Waals surface area contributed by atoms with Crippen molar-refractivity contribution < 1.29 is 42.7 Å². The maximum Gasteiger partial charge on any atom is 0.342 e. The second-order valence-electron chi connectivity index (χ2n) is 11.6. The Labute approximate surface area is 265 Å². The number of hydrogen-bond donors (Lipinski definition) is 1. The zero-order valence-electron chi connectivity index (χ0n) is 26.7. The first kappa shape index (κ1) is 34.2. The summed E-state index contributed by atoms with van der Waals surface area (Å²) in [5.74, 6) is -1.36. The Balaban J connectivity index is 1.72. The molecule has 0 aromatic heterocycles. The van der Waals surface area contributed by atoms with Crippen LogP contribution in [0.1, 0.15) is 73.2 Å². The summed E-state index contributed by atoms with van der Waals surface area (Å²) < 4.78 is 41.6. The van der Waals surface area contributed by atoms with E-state index in [1.807, 2.05) is 52.0 Å². The average molecular weight is 624 g/mol. The van der Waals surface area contributed by atoms with Gasteiger partial charge in [-0.15, -0.1) is 0 Å². The molecule has 2 aromatic rings. The van der Waals surface area contributed by atoms with Gasteiger partial charge in [0.05, 0.1) is 18.3 Å². The number of cyclic esters (lactones) is 1. The van der Waals surface area contributed by atoms with Crippen LogP contribution in [0.4, 0.5) is 0 Å². The van der Waals surface area contributed by atoms with E-state index >= 15 is 0 Å². The van der Waals surface area contributed by atoms with Gasteiger partial charge in [0.15, 0.2) is 12.6 Å². The van der Waals surface area contributed by atoms with Gasteiger partial charge in [-0.05, 0) is 76.4 Å². The first-order chi connectivity index (χ1) is 21.6. The molecule has 10 heteroatoms. The molecular formula is C35H45NO9. The third-order valence-corrected chi connectivity index (χ3v) is 7.61. The highest BCUT2D eigenvalue weighted by molar-refractivity contribution is 5.97. The first-order valence-electron chi connectivity index (χ1n) is 15.4. The standard InChI is InChI=1S/C35H45NO9/c1-23-16-17-28(43-33(37)25-12-7-6-8-13-25)32-29(44-35(3,4)45-32)15-11-14-26-20-27(40-19-10-9-18-36)21-30(41-22-39-5)31(26)34(38)42-24(23)2/h6-8,11-14,16-17,20-21,23-24,28-29,32H,9-10,15,18-19,22,36H2,1-5H3/b14-11+,17-16-/t23-,24+,28?,29+,32?/m1/s1. The summed E-state index contributed by atoms with van der Waals surface area (Å²) in [6, 6.07) is 12.3. The molecule has 0 radical (unpaired) electrons. The number of hydrogen-bond acceptors (Lipinski definition) is 10. The molecule has 1 fully saturated rings. The van der Waals surface area contributed by atoms with Crippen molar-refractivity contribution in [1.82, 2.24) is 0 Å². The summed E-state index contributed by atoms with van der Waals surface area (Å²) in [5, 5.41) is 0. The molecule has 0 aliphatic carbocycles. The molecule has 5 atom stereocenters. The van der Waals surface area contributed by atoms with E-state index in [1.165, 1.54) is 7.11 Å². The minimum absolute atomic E-state index is 0.0676. The number of carbonyl (C=O) groups is 2. The van der Waals surface area contributed by atoms with E-state index in [0.29, 0.717) is 36.4 Å². The Hall–Kier alpha value is -3.70. The summed E-state index contributed by atoms with van der Waals surface area (Å²) in [6.07, 6.45) is 7.04. The second-order valence-corrected chi connectivity index (χ2v) is 11.6. The molecule has 2 aliphatic heterocycles. The van der Waals surface area contributed by atoms with Crippen molar-refractivity contribution in [3.8, 4) is 11.5 Å². The van der Waals surface area contributed by atoms with Crippen molar-refractivity contribution in [2.45, 2.75) is 77.2 Å². The van der Waals surface area contributed by atoms with E-state index in [4.69, 9.17) is 38.9 Å². The fourth-order valence-corrected chi connectivity index (χ4v) is 5.13. The molecule has 10 nitrogen and oxygen atoms in total. The molecule has 4 rings (SSSR count). The van der Waals surface area contributed by atoms with Gasteiger partial charge in [0, 0.05) is 19.1 Å². The molecule has 0 bridgehead atoms. The monoisotopic (exact) mass is 623 g/mol. The van der Waals surface area contributed by atoms with Gasteiger partial charge in [0.2, 0.25) is 0 Å². The number of methoxy groups -OCH3 is 1. The van der Waals surface area contributed by atoms with Gasteiger partial charge in [-0.25, -0.2) is 9.59 Å². The fraction of sp³-hybridized carbons (Fsp3) is 0.486. The molecule has 244 valence electrons. The molecule has 2 N–H and O–H groups in total. The van der Waals surface area contributed by atoms with Gasteiger partial charge in [-0.1, -0.05) is 43.4 Å². The number of rotatable bonds is 10. The van der Waals surface area contributed by atoms with Crippen LogP contribution in [0.5, 0.6) is 11.5 Å². The molecule has 2 aliphatic rings. The smallest absolute Gasteiger partial charge is 0.342 e. The molecule has 45 heavy (non-hydrogen) atoms. The van der Waals surface area contributed by atoms with Crippen LogP contribution < -0.4 is 15.2 Å². The van der Waals surface area contributed by atoms with Crippen LogP contribution in [0.25, 0.3) is 6.08 Å². The molecule has 1 saturated heterocycles. The van der Waals surface area contributed by atoms with E-state index in [2.05, 4.69) is 0 Å². The van der Waals surface area contributed by atoms with Crippen LogP contribution in [0.3, 0.4) is 0 Å². The van der Waals surface area contributed by atoms with E-state index in [9.17, 15) is 9.59 Å². The Morgan fingerprint density at radius 1 is 1.04 bits per heavy atom. The summed E-state index contributed by atoms with van der Waals surface area (Å²) in [5.41, 5.74) is 6.87. The molecule has 0 amide bonds. The van der Waals surface area contributed by atoms with Crippen molar-refractivity contribution in [2.75, 3.05) is 27.1 Å². The van der Waals surface area contributed by atoms with Gasteiger partial charge in [-0.3, -0.25) is 0 Å². The van der Waals surface area contributed by atoms with Crippen LogP contribution in [0.2, 0.25) is 0 Å². The Kier molecular flexibility index (Phi) is 12.2. The van der Waals surface area contributed by atoms with E-state index in [-0.39, 0.29) is 24.0 Å². The number of fused-ring (bicyclic) bond motifs is 2. The summed E-state index contributed by atoms with van der Waals surface area (Å²) >= 11 is 0. The third kappa shape index (κ3) is 9.40. The van der Waals surface area contributed by atoms with Crippen molar-refractivity contribution >= 4 is 18.0 Å².